The van der Waals surface area contributed by atoms with Crippen molar-refractivity contribution in [1.82, 2.24) is 19.8 Å². The van der Waals surface area contributed by atoms with Crippen molar-refractivity contribution in [1.29, 1.82) is 0 Å². The van der Waals surface area contributed by atoms with E-state index in [2.05, 4.69) is 20.2 Å². The standard InChI is InChI=1S/C26H36F3N5O2/c27-26(28,29)22-21(23(35)34-5-2-20(3-6-34)33-7-9-36-10-8-33)16-30-24(31-22)32-25-4-1-17-11-18(14-25)13-19(12-17)15-25/h16-20H,1-15H2,(H,30,31,32). The summed E-state index contributed by atoms with van der Waals surface area (Å²) in [5, 5.41) is 3.36. The molecule has 198 valence electrons. The van der Waals surface area contributed by atoms with Crippen LogP contribution in [0.25, 0.3) is 0 Å². The Balaban J connectivity index is 1.18. The van der Waals surface area contributed by atoms with Gasteiger partial charge in [0.25, 0.3) is 5.91 Å². The summed E-state index contributed by atoms with van der Waals surface area (Å²) < 4.78 is 47.8. The molecule has 3 heterocycles. The van der Waals surface area contributed by atoms with Crippen molar-refractivity contribution in [2.24, 2.45) is 17.8 Å². The lowest BCUT2D eigenvalue weighted by Gasteiger charge is -2.45. The van der Waals surface area contributed by atoms with Gasteiger partial charge in [0.15, 0.2) is 5.69 Å². The third-order valence-corrected chi connectivity index (χ3v) is 9.37. The molecule has 0 radical (unpaired) electrons. The summed E-state index contributed by atoms with van der Waals surface area (Å²) in [7, 11) is 0. The second-order valence-corrected chi connectivity index (χ2v) is 11.8. The van der Waals surface area contributed by atoms with E-state index in [4.69, 9.17) is 4.74 Å². The van der Waals surface area contributed by atoms with Crippen LogP contribution in [0.4, 0.5) is 19.1 Å². The Kier molecular flexibility index (Phi) is 6.38. The average Bonchev–Trinajstić information content (AvgIpc) is 3.06. The molecule has 1 amide bonds. The minimum atomic E-state index is -4.73. The fourth-order valence-corrected chi connectivity index (χ4v) is 7.91. The summed E-state index contributed by atoms with van der Waals surface area (Å²) in [6.07, 6.45) is 5.61. The highest BCUT2D eigenvalue weighted by atomic mass is 19.4. The zero-order chi connectivity index (χ0) is 24.9. The Morgan fingerprint density at radius 3 is 2.33 bits per heavy atom. The van der Waals surface area contributed by atoms with Gasteiger partial charge < -0.3 is 15.0 Å². The number of fused-ring (bicyclic) bond motifs is 1. The maximum atomic E-state index is 14.1. The van der Waals surface area contributed by atoms with Crippen LogP contribution in [0.3, 0.4) is 0 Å². The van der Waals surface area contributed by atoms with Crippen molar-refractivity contribution in [2.45, 2.75) is 75.5 Å². The van der Waals surface area contributed by atoms with Crippen LogP contribution in [0.15, 0.2) is 6.20 Å². The number of piperidine rings is 1. The lowest BCUT2D eigenvalue weighted by atomic mass is 9.65. The second-order valence-electron chi connectivity index (χ2n) is 11.8. The highest BCUT2D eigenvalue weighted by Crippen LogP contribution is 2.53. The van der Waals surface area contributed by atoms with Crippen molar-refractivity contribution in [2.75, 3.05) is 44.7 Å². The monoisotopic (exact) mass is 507 g/mol. The molecule has 4 aliphatic carbocycles. The minimum absolute atomic E-state index is 0.00431. The molecule has 4 saturated carbocycles. The number of morpholine rings is 1. The first kappa shape index (κ1) is 24.4. The number of nitrogens with zero attached hydrogens (tertiary/aromatic N) is 4. The Morgan fingerprint density at radius 1 is 1.00 bits per heavy atom. The largest absolute Gasteiger partial charge is 0.434 e. The fraction of sp³-hybridized carbons (Fsp3) is 0.808. The number of ether oxygens (including phenoxy) is 1. The zero-order valence-electron chi connectivity index (χ0n) is 20.7. The van der Waals surface area contributed by atoms with Crippen LogP contribution in [0, 0.1) is 17.8 Å². The molecule has 2 aliphatic heterocycles. The quantitative estimate of drug-likeness (QED) is 0.659. The van der Waals surface area contributed by atoms with Gasteiger partial charge in [-0.15, -0.1) is 0 Å². The van der Waals surface area contributed by atoms with Crippen molar-refractivity contribution in [3.05, 3.63) is 17.5 Å². The number of alkyl halides is 3. The van der Waals surface area contributed by atoms with Gasteiger partial charge in [0.05, 0.1) is 18.8 Å². The molecular weight excluding hydrogens is 471 g/mol. The number of halogens is 3. The first-order valence-electron chi connectivity index (χ1n) is 13.6. The van der Waals surface area contributed by atoms with Gasteiger partial charge in [-0.3, -0.25) is 9.69 Å². The van der Waals surface area contributed by atoms with Crippen molar-refractivity contribution in [3.8, 4) is 0 Å². The fourth-order valence-electron chi connectivity index (χ4n) is 7.91. The van der Waals surface area contributed by atoms with Gasteiger partial charge in [0.2, 0.25) is 5.95 Å². The molecular formula is C26H36F3N5O2. The molecule has 36 heavy (non-hydrogen) atoms. The van der Waals surface area contributed by atoms with E-state index in [1.807, 2.05) is 0 Å². The van der Waals surface area contributed by atoms with Crippen LogP contribution >= 0.6 is 0 Å². The van der Waals surface area contributed by atoms with E-state index in [1.54, 1.807) is 0 Å². The average molecular weight is 508 g/mol. The molecule has 2 unspecified atom stereocenters. The number of amides is 1. The lowest BCUT2D eigenvalue weighted by Crippen LogP contribution is -2.50. The molecule has 7 rings (SSSR count). The molecule has 7 nitrogen and oxygen atoms in total. The van der Waals surface area contributed by atoms with Crippen molar-refractivity contribution < 1.29 is 22.7 Å². The predicted molar refractivity (Wildman–Crippen MR) is 127 cm³/mol. The molecule has 2 saturated heterocycles. The molecule has 2 atom stereocenters. The summed E-state index contributed by atoms with van der Waals surface area (Å²) in [5.74, 6) is 1.41. The molecule has 0 aromatic carbocycles. The Morgan fingerprint density at radius 2 is 1.67 bits per heavy atom. The van der Waals surface area contributed by atoms with Gasteiger partial charge in [-0.2, -0.15) is 13.2 Å². The van der Waals surface area contributed by atoms with Crippen LogP contribution in [-0.4, -0.2) is 76.6 Å². The van der Waals surface area contributed by atoms with E-state index in [9.17, 15) is 18.0 Å². The summed E-state index contributed by atoms with van der Waals surface area (Å²) in [4.78, 5) is 25.3. The third-order valence-electron chi connectivity index (χ3n) is 9.37. The van der Waals surface area contributed by atoms with Crippen LogP contribution in [0.2, 0.25) is 0 Å². The number of hydrogen-bond donors (Lipinski definition) is 1. The highest BCUT2D eigenvalue weighted by molar-refractivity contribution is 5.95. The zero-order valence-corrected chi connectivity index (χ0v) is 20.7. The number of aromatic nitrogens is 2. The molecule has 1 N–H and O–H groups in total. The summed E-state index contributed by atoms with van der Waals surface area (Å²) in [5.41, 5.74) is -1.80. The van der Waals surface area contributed by atoms with Gasteiger partial charge in [-0.25, -0.2) is 9.97 Å². The van der Waals surface area contributed by atoms with Gasteiger partial charge in [0, 0.05) is 44.0 Å². The van der Waals surface area contributed by atoms with E-state index in [1.165, 1.54) is 24.2 Å². The molecule has 0 spiro atoms. The number of carbonyl (C=O) groups excluding carboxylic acids is 1. The topological polar surface area (TPSA) is 70.6 Å². The third kappa shape index (κ3) is 4.83. The minimum Gasteiger partial charge on any atom is -0.379 e. The first-order valence-corrected chi connectivity index (χ1v) is 13.6. The number of hydrogen-bond acceptors (Lipinski definition) is 6. The van der Waals surface area contributed by atoms with Crippen LogP contribution in [0.1, 0.15) is 73.8 Å². The number of anilines is 1. The van der Waals surface area contributed by atoms with Gasteiger partial charge >= 0.3 is 6.18 Å². The molecule has 1 aromatic heterocycles. The van der Waals surface area contributed by atoms with Gasteiger partial charge in [-0.05, 0) is 75.5 Å². The Bertz CT molecular complexity index is 961. The SMILES string of the molecule is O=C(c1cnc(NC23CCC4CC(CC(C4)C2)C3)nc1C(F)(F)F)N1CCC(N2CCOCC2)CC1. The second kappa shape index (κ2) is 9.42. The van der Waals surface area contributed by atoms with Crippen LogP contribution in [0.5, 0.6) is 0 Å². The molecule has 4 bridgehead atoms. The van der Waals surface area contributed by atoms with E-state index >= 15 is 0 Å². The van der Waals surface area contributed by atoms with Crippen LogP contribution in [-0.2, 0) is 10.9 Å². The summed E-state index contributed by atoms with van der Waals surface area (Å²) >= 11 is 0. The van der Waals surface area contributed by atoms with E-state index in [0.29, 0.717) is 44.2 Å². The van der Waals surface area contributed by atoms with Crippen molar-refractivity contribution in [3.63, 3.8) is 0 Å². The number of carbonyl (C=O) groups is 1. The molecule has 1 aromatic rings. The first-order chi connectivity index (χ1) is 17.3. The predicted octanol–water partition coefficient (Wildman–Crippen LogP) is 4.20. The van der Waals surface area contributed by atoms with Gasteiger partial charge in [0.1, 0.15) is 0 Å². The lowest BCUT2D eigenvalue weighted by molar-refractivity contribution is -0.141. The highest BCUT2D eigenvalue weighted by Gasteiger charge is 2.48. The van der Waals surface area contributed by atoms with Gasteiger partial charge in [-0.1, -0.05) is 0 Å². The van der Waals surface area contributed by atoms with E-state index in [-0.39, 0.29) is 11.5 Å². The molecule has 6 fully saturated rings. The molecule has 6 aliphatic rings. The maximum absolute atomic E-state index is 14.1. The normalized spacial score (nSPS) is 33.5. The summed E-state index contributed by atoms with van der Waals surface area (Å²) in [6.45, 7) is 4.01. The smallest absolute Gasteiger partial charge is 0.379 e. The molecule has 10 heteroatoms. The maximum Gasteiger partial charge on any atom is 0.434 e. The number of nitrogens with one attached hydrogen (secondary N) is 1. The Labute approximate surface area is 210 Å². The van der Waals surface area contributed by atoms with E-state index in [0.717, 1.165) is 63.7 Å². The summed E-state index contributed by atoms with van der Waals surface area (Å²) in [6, 6.07) is 0.340. The van der Waals surface area contributed by atoms with Crippen molar-refractivity contribution >= 4 is 11.9 Å². The Hall–Kier alpha value is -1.94. The van der Waals surface area contributed by atoms with E-state index < -0.39 is 23.3 Å². The van der Waals surface area contributed by atoms with Crippen LogP contribution < -0.4 is 5.32 Å². The number of likely N-dealkylation sites (tertiary alicyclic amines) is 1. The number of rotatable bonds is 4.